The van der Waals surface area contributed by atoms with E-state index in [2.05, 4.69) is 0 Å². The van der Waals surface area contributed by atoms with Crippen LogP contribution in [0.15, 0.2) is 0 Å². The van der Waals surface area contributed by atoms with E-state index in [4.69, 9.17) is 5.73 Å². The highest BCUT2D eigenvalue weighted by molar-refractivity contribution is 5.77. The minimum Gasteiger partial charge on any atom is -0.481 e. The molecule has 6 heteroatoms. The molecule has 3 N–H and O–H groups in total. The van der Waals surface area contributed by atoms with Crippen molar-refractivity contribution in [3.05, 3.63) is 0 Å². The molecule has 0 aliphatic carbocycles. The maximum Gasteiger partial charge on any atom is 0.320 e. The molecule has 2 aliphatic heterocycles. The maximum absolute atomic E-state index is 12.5. The van der Waals surface area contributed by atoms with Crippen molar-refractivity contribution in [3.8, 4) is 0 Å². The average molecular weight is 297 g/mol. The largest absolute Gasteiger partial charge is 0.481 e. The fourth-order valence-electron chi connectivity index (χ4n) is 3.57. The minimum atomic E-state index is -0.708. The molecule has 0 radical (unpaired) electrons. The Hall–Kier alpha value is -1.30. The van der Waals surface area contributed by atoms with Crippen molar-refractivity contribution in [2.45, 2.75) is 39.0 Å². The monoisotopic (exact) mass is 297 g/mol. The summed E-state index contributed by atoms with van der Waals surface area (Å²) in [7, 11) is 0. The van der Waals surface area contributed by atoms with E-state index in [1.165, 1.54) is 0 Å². The zero-order valence-corrected chi connectivity index (χ0v) is 12.9. The van der Waals surface area contributed by atoms with Gasteiger partial charge in [-0.2, -0.15) is 0 Å². The van der Waals surface area contributed by atoms with Gasteiger partial charge >= 0.3 is 12.0 Å². The van der Waals surface area contributed by atoms with Gasteiger partial charge in [0.05, 0.1) is 5.41 Å². The molecule has 1 unspecified atom stereocenters. The van der Waals surface area contributed by atoms with Crippen LogP contribution in [-0.2, 0) is 4.79 Å². The summed E-state index contributed by atoms with van der Waals surface area (Å²) in [5.74, 6) is -0.294. The molecule has 6 nitrogen and oxygen atoms in total. The minimum absolute atomic E-state index is 0.0569. The van der Waals surface area contributed by atoms with Crippen LogP contribution in [0.5, 0.6) is 0 Å². The van der Waals surface area contributed by atoms with Crippen LogP contribution >= 0.6 is 0 Å². The van der Waals surface area contributed by atoms with E-state index in [0.717, 1.165) is 25.9 Å². The number of likely N-dealkylation sites (tertiary alicyclic amines) is 2. The SMILES string of the molecule is CCCC1(C(=O)O)CCN(C(=O)N2CCC(CN)C2)CC1. The van der Waals surface area contributed by atoms with Crippen LogP contribution in [0.1, 0.15) is 39.0 Å². The predicted octanol–water partition coefficient (Wildman–Crippen LogP) is 1.35. The fraction of sp³-hybridized carbons (Fsp3) is 0.867. The summed E-state index contributed by atoms with van der Waals surface area (Å²) < 4.78 is 0. The standard InChI is InChI=1S/C15H27N3O3/c1-2-4-15(13(19)20)5-8-17(9-6-15)14(21)18-7-3-12(10-16)11-18/h12H,2-11,16H2,1H3,(H,19,20). The highest BCUT2D eigenvalue weighted by atomic mass is 16.4. The zero-order valence-electron chi connectivity index (χ0n) is 12.9. The Labute approximate surface area is 126 Å². The molecule has 0 aromatic carbocycles. The highest BCUT2D eigenvalue weighted by Gasteiger charge is 2.42. The maximum atomic E-state index is 12.5. The molecule has 2 amide bonds. The molecule has 120 valence electrons. The number of nitrogens with zero attached hydrogens (tertiary/aromatic N) is 2. The summed E-state index contributed by atoms with van der Waals surface area (Å²) in [6, 6.07) is 0.0569. The van der Waals surface area contributed by atoms with Crippen LogP contribution in [-0.4, -0.2) is 59.6 Å². The smallest absolute Gasteiger partial charge is 0.320 e. The number of carboxylic acid groups (broad SMARTS) is 1. The molecule has 0 aromatic heterocycles. The highest BCUT2D eigenvalue weighted by Crippen LogP contribution is 2.37. The molecule has 21 heavy (non-hydrogen) atoms. The van der Waals surface area contributed by atoms with E-state index >= 15 is 0 Å². The number of carbonyl (C=O) groups is 2. The normalized spacial score (nSPS) is 25.1. The lowest BCUT2D eigenvalue weighted by Gasteiger charge is -2.40. The molecule has 2 rings (SSSR count). The molecule has 0 aromatic rings. The first-order valence-electron chi connectivity index (χ1n) is 7.99. The second kappa shape index (κ2) is 6.64. The molecular weight excluding hydrogens is 270 g/mol. The van der Waals surface area contributed by atoms with E-state index in [0.29, 0.717) is 44.8 Å². The summed E-state index contributed by atoms with van der Waals surface area (Å²) >= 11 is 0. The number of nitrogens with two attached hydrogens (primary N) is 1. The number of carboxylic acids is 1. The first kappa shape index (κ1) is 16.1. The number of hydrogen-bond donors (Lipinski definition) is 2. The second-order valence-corrected chi connectivity index (χ2v) is 6.44. The quantitative estimate of drug-likeness (QED) is 0.820. The van der Waals surface area contributed by atoms with Gasteiger partial charge in [0, 0.05) is 26.2 Å². The number of urea groups is 1. The molecular formula is C15H27N3O3. The summed E-state index contributed by atoms with van der Waals surface area (Å²) in [5.41, 5.74) is 5.03. The number of rotatable bonds is 4. The van der Waals surface area contributed by atoms with Crippen molar-refractivity contribution in [2.75, 3.05) is 32.7 Å². The second-order valence-electron chi connectivity index (χ2n) is 6.44. The first-order chi connectivity index (χ1) is 10.0. The lowest BCUT2D eigenvalue weighted by atomic mass is 9.75. The molecule has 0 spiro atoms. The van der Waals surface area contributed by atoms with Crippen molar-refractivity contribution in [3.63, 3.8) is 0 Å². The molecule has 0 saturated carbocycles. The number of amides is 2. The average Bonchev–Trinajstić information content (AvgIpc) is 2.96. The van der Waals surface area contributed by atoms with Gasteiger partial charge in [-0.25, -0.2) is 4.79 Å². The summed E-state index contributed by atoms with van der Waals surface area (Å²) in [6.45, 7) is 5.26. The molecule has 2 fully saturated rings. The lowest BCUT2D eigenvalue weighted by Crippen LogP contribution is -2.50. The van der Waals surface area contributed by atoms with E-state index in [1.807, 2.05) is 16.7 Å². The number of hydrogen-bond acceptors (Lipinski definition) is 3. The third-order valence-corrected chi connectivity index (χ3v) is 5.06. The third kappa shape index (κ3) is 3.31. The van der Waals surface area contributed by atoms with Crippen LogP contribution in [0.4, 0.5) is 4.79 Å². The Morgan fingerprint density at radius 3 is 2.38 bits per heavy atom. The van der Waals surface area contributed by atoms with Gasteiger partial charge in [-0.15, -0.1) is 0 Å². The molecule has 2 heterocycles. The van der Waals surface area contributed by atoms with Gasteiger partial charge in [0.2, 0.25) is 0 Å². The van der Waals surface area contributed by atoms with E-state index in [-0.39, 0.29) is 6.03 Å². The third-order valence-electron chi connectivity index (χ3n) is 5.06. The summed E-state index contributed by atoms with van der Waals surface area (Å²) in [4.78, 5) is 27.7. The molecule has 2 saturated heterocycles. The number of carbonyl (C=O) groups excluding carboxylic acids is 1. The van der Waals surface area contributed by atoms with Crippen LogP contribution in [0.3, 0.4) is 0 Å². The number of piperidine rings is 1. The van der Waals surface area contributed by atoms with Crippen LogP contribution in [0.25, 0.3) is 0 Å². The van der Waals surface area contributed by atoms with Gasteiger partial charge in [0.25, 0.3) is 0 Å². The summed E-state index contributed by atoms with van der Waals surface area (Å²) in [6.07, 6.45) is 3.67. The van der Waals surface area contributed by atoms with Crippen LogP contribution in [0, 0.1) is 11.3 Å². The lowest BCUT2D eigenvalue weighted by molar-refractivity contribution is -0.152. The zero-order chi connectivity index (χ0) is 15.5. The molecule has 2 aliphatic rings. The Morgan fingerprint density at radius 2 is 1.90 bits per heavy atom. The van der Waals surface area contributed by atoms with Gasteiger partial charge < -0.3 is 20.6 Å². The van der Waals surface area contributed by atoms with Gasteiger partial charge in [0.1, 0.15) is 0 Å². The Balaban J connectivity index is 1.91. The van der Waals surface area contributed by atoms with E-state index < -0.39 is 11.4 Å². The Kier molecular flexibility index (Phi) is 5.08. The fourth-order valence-corrected chi connectivity index (χ4v) is 3.57. The van der Waals surface area contributed by atoms with Crippen molar-refractivity contribution < 1.29 is 14.7 Å². The van der Waals surface area contributed by atoms with Gasteiger partial charge in [0.15, 0.2) is 0 Å². The molecule has 1 atom stereocenters. The number of aliphatic carboxylic acids is 1. The predicted molar refractivity (Wildman–Crippen MR) is 79.9 cm³/mol. The van der Waals surface area contributed by atoms with Crippen molar-refractivity contribution in [1.29, 1.82) is 0 Å². The summed E-state index contributed by atoms with van der Waals surface area (Å²) in [5, 5.41) is 9.50. The van der Waals surface area contributed by atoms with Crippen molar-refractivity contribution in [2.24, 2.45) is 17.1 Å². The van der Waals surface area contributed by atoms with Gasteiger partial charge in [-0.1, -0.05) is 13.3 Å². The topological polar surface area (TPSA) is 86.9 Å². The Morgan fingerprint density at radius 1 is 1.24 bits per heavy atom. The van der Waals surface area contributed by atoms with Crippen molar-refractivity contribution >= 4 is 12.0 Å². The van der Waals surface area contributed by atoms with Gasteiger partial charge in [-0.3, -0.25) is 4.79 Å². The van der Waals surface area contributed by atoms with Gasteiger partial charge in [-0.05, 0) is 38.1 Å². The molecule has 0 bridgehead atoms. The van der Waals surface area contributed by atoms with E-state index in [1.54, 1.807) is 0 Å². The van der Waals surface area contributed by atoms with Crippen molar-refractivity contribution in [1.82, 2.24) is 9.80 Å². The van der Waals surface area contributed by atoms with Crippen LogP contribution in [0.2, 0.25) is 0 Å². The van der Waals surface area contributed by atoms with E-state index in [9.17, 15) is 14.7 Å². The first-order valence-corrected chi connectivity index (χ1v) is 7.99. The Bertz CT molecular complexity index is 392. The van der Waals surface area contributed by atoms with Crippen LogP contribution < -0.4 is 5.73 Å².